The van der Waals surface area contributed by atoms with E-state index in [9.17, 15) is 9.50 Å². The van der Waals surface area contributed by atoms with E-state index in [-0.39, 0.29) is 16.8 Å². The number of halogens is 2. The molecule has 2 aliphatic carbocycles. The van der Waals surface area contributed by atoms with E-state index in [4.69, 9.17) is 11.6 Å². The van der Waals surface area contributed by atoms with Crippen LogP contribution in [0.1, 0.15) is 73.2 Å². The van der Waals surface area contributed by atoms with Gasteiger partial charge in [-0.1, -0.05) is 17.7 Å². The number of pyridine rings is 1. The molecule has 0 bridgehead atoms. The molecule has 3 nitrogen and oxygen atoms in total. The van der Waals surface area contributed by atoms with Gasteiger partial charge in [0.05, 0.1) is 29.2 Å². The van der Waals surface area contributed by atoms with E-state index in [1.807, 2.05) is 16.7 Å². The van der Waals surface area contributed by atoms with Crippen molar-refractivity contribution in [3.05, 3.63) is 70.5 Å². The summed E-state index contributed by atoms with van der Waals surface area (Å²) in [6, 6.07) is 7.23. The Morgan fingerprint density at radius 2 is 1.82 bits per heavy atom. The van der Waals surface area contributed by atoms with E-state index in [0.29, 0.717) is 11.8 Å². The molecule has 5 heteroatoms. The summed E-state index contributed by atoms with van der Waals surface area (Å²) in [6.45, 7) is 0. The third-order valence-corrected chi connectivity index (χ3v) is 6.90. The van der Waals surface area contributed by atoms with E-state index >= 15 is 0 Å². The zero-order chi connectivity index (χ0) is 19.3. The predicted octanol–water partition coefficient (Wildman–Crippen LogP) is 6.01. The molecule has 2 aromatic heterocycles. The first-order valence-corrected chi connectivity index (χ1v) is 10.6. The maximum Gasteiger partial charge on any atom is 0.141 e. The van der Waals surface area contributed by atoms with E-state index in [1.54, 1.807) is 12.4 Å². The normalized spacial score (nSPS) is 23.8. The van der Waals surface area contributed by atoms with Crippen LogP contribution in [0, 0.1) is 11.7 Å². The number of benzene rings is 1. The van der Waals surface area contributed by atoms with Crippen LogP contribution in [-0.4, -0.2) is 14.5 Å². The van der Waals surface area contributed by atoms with Crippen LogP contribution < -0.4 is 0 Å². The minimum absolute atomic E-state index is 0.196. The summed E-state index contributed by atoms with van der Waals surface area (Å²) >= 11 is 5.97. The molecule has 2 saturated carbocycles. The maximum atomic E-state index is 13.5. The molecule has 0 radical (unpaired) electrons. The monoisotopic (exact) mass is 398 g/mol. The number of fused-ring (bicyclic) bond motifs is 1. The maximum absolute atomic E-state index is 13.5. The third kappa shape index (κ3) is 3.23. The summed E-state index contributed by atoms with van der Waals surface area (Å²) in [7, 11) is 0. The Labute approximate surface area is 169 Å². The Bertz CT molecular complexity index is 1010. The molecule has 0 spiro atoms. The van der Waals surface area contributed by atoms with Gasteiger partial charge in [0, 0.05) is 11.8 Å². The molecule has 1 N–H and O–H groups in total. The highest BCUT2D eigenvalue weighted by molar-refractivity contribution is 6.30. The number of rotatable bonds is 4. The zero-order valence-corrected chi connectivity index (χ0v) is 16.4. The fourth-order valence-electron chi connectivity index (χ4n) is 4.87. The number of aliphatic hydroxyl groups excluding tert-OH is 1. The van der Waals surface area contributed by atoms with Gasteiger partial charge in [-0.15, -0.1) is 0 Å². The first kappa shape index (κ1) is 18.1. The van der Waals surface area contributed by atoms with E-state index in [0.717, 1.165) is 42.3 Å². The summed E-state index contributed by atoms with van der Waals surface area (Å²) in [4.78, 5) is 4.29. The highest BCUT2D eigenvalue weighted by Gasteiger charge is 2.34. The Hall–Kier alpha value is -1.91. The highest BCUT2D eigenvalue weighted by atomic mass is 35.5. The molecule has 1 aromatic carbocycles. The number of hydrogen-bond acceptors (Lipinski definition) is 2. The second kappa shape index (κ2) is 7.16. The number of nitrogens with zero attached hydrogens (tertiary/aromatic N) is 2. The van der Waals surface area contributed by atoms with Crippen molar-refractivity contribution in [3.8, 4) is 0 Å². The predicted molar refractivity (Wildman–Crippen MR) is 108 cm³/mol. The summed E-state index contributed by atoms with van der Waals surface area (Å²) in [5.41, 5.74) is 4.52. The summed E-state index contributed by atoms with van der Waals surface area (Å²) in [5, 5.41) is 11.5. The Morgan fingerprint density at radius 3 is 2.54 bits per heavy atom. The van der Waals surface area contributed by atoms with Crippen LogP contribution in [0.3, 0.4) is 0 Å². The first-order chi connectivity index (χ1) is 13.6. The number of aromatic nitrogens is 2. The Balaban J connectivity index is 1.37. The van der Waals surface area contributed by atoms with Crippen LogP contribution in [0.15, 0.2) is 43.0 Å². The van der Waals surface area contributed by atoms with Gasteiger partial charge in [0.1, 0.15) is 5.82 Å². The fraction of sp³-hybridized carbons (Fsp3) is 0.435. The lowest BCUT2D eigenvalue weighted by Crippen LogP contribution is -2.21. The highest BCUT2D eigenvalue weighted by Crippen LogP contribution is 2.48. The Morgan fingerprint density at radius 1 is 1.07 bits per heavy atom. The van der Waals surface area contributed by atoms with Gasteiger partial charge in [-0.2, -0.15) is 0 Å². The van der Waals surface area contributed by atoms with Crippen LogP contribution >= 0.6 is 11.6 Å². The average molecular weight is 399 g/mol. The van der Waals surface area contributed by atoms with E-state index in [1.165, 1.54) is 24.5 Å². The molecule has 0 saturated heterocycles. The van der Waals surface area contributed by atoms with Gasteiger partial charge in [-0.25, -0.2) is 9.37 Å². The molecule has 3 aromatic rings. The number of imidazole rings is 1. The van der Waals surface area contributed by atoms with Crippen LogP contribution in [0.5, 0.6) is 0 Å². The first-order valence-electron chi connectivity index (χ1n) is 10.2. The van der Waals surface area contributed by atoms with Gasteiger partial charge in [0.25, 0.3) is 0 Å². The molecule has 1 atom stereocenters. The van der Waals surface area contributed by atoms with Crippen molar-refractivity contribution in [2.45, 2.75) is 56.5 Å². The summed E-state index contributed by atoms with van der Waals surface area (Å²) in [5.74, 6) is 0.847. The van der Waals surface area contributed by atoms with Gasteiger partial charge < -0.3 is 9.51 Å². The van der Waals surface area contributed by atoms with E-state index < -0.39 is 6.10 Å². The van der Waals surface area contributed by atoms with Crippen molar-refractivity contribution in [2.75, 3.05) is 0 Å². The smallest absolute Gasteiger partial charge is 0.141 e. The molecule has 0 aliphatic heterocycles. The lowest BCUT2D eigenvalue weighted by atomic mass is 9.75. The molecular weight excluding hydrogens is 375 g/mol. The summed E-state index contributed by atoms with van der Waals surface area (Å²) < 4.78 is 15.5. The van der Waals surface area contributed by atoms with Crippen molar-refractivity contribution < 1.29 is 9.50 Å². The topological polar surface area (TPSA) is 37.5 Å². The number of aliphatic hydroxyl groups is 1. The average Bonchev–Trinajstić information content (AvgIpc) is 3.45. The number of hydrogen-bond donors (Lipinski definition) is 1. The van der Waals surface area contributed by atoms with Gasteiger partial charge in [-0.3, -0.25) is 0 Å². The minimum atomic E-state index is -0.464. The van der Waals surface area contributed by atoms with Crippen LogP contribution in [0.2, 0.25) is 5.02 Å². The second-order valence-electron chi connectivity index (χ2n) is 8.38. The van der Waals surface area contributed by atoms with Gasteiger partial charge in [0.15, 0.2) is 0 Å². The molecule has 0 unspecified atom stereocenters. The quantitative estimate of drug-likeness (QED) is 0.584. The second-order valence-corrected chi connectivity index (χ2v) is 8.78. The standard InChI is InChI=1S/C23H24ClFN2O/c24-19-11-17(7-8-20(19)25)14-1-5-16(6-2-14)23(28)22-18(15-3-4-15)9-10-27-13-26-12-21(22)27/h7-16,23,28H,1-6H2/t14?,16?,23-/m1/s1. The van der Waals surface area contributed by atoms with Crippen molar-refractivity contribution in [3.63, 3.8) is 0 Å². The zero-order valence-electron chi connectivity index (χ0n) is 15.7. The van der Waals surface area contributed by atoms with Crippen molar-refractivity contribution in [2.24, 2.45) is 5.92 Å². The largest absolute Gasteiger partial charge is 0.388 e. The third-order valence-electron chi connectivity index (χ3n) is 6.61. The molecule has 28 heavy (non-hydrogen) atoms. The molecule has 2 heterocycles. The molecule has 0 amide bonds. The van der Waals surface area contributed by atoms with Gasteiger partial charge in [-0.05, 0) is 85.6 Å². The van der Waals surface area contributed by atoms with Crippen LogP contribution in [-0.2, 0) is 0 Å². The van der Waals surface area contributed by atoms with Gasteiger partial charge in [0.2, 0.25) is 0 Å². The summed E-state index contributed by atoms with van der Waals surface area (Å²) in [6.07, 6.45) is 11.6. The van der Waals surface area contributed by atoms with Crippen molar-refractivity contribution in [1.82, 2.24) is 9.38 Å². The molecule has 5 rings (SSSR count). The molecule has 146 valence electrons. The molecular formula is C23H24ClFN2O. The molecule has 2 fully saturated rings. The lowest BCUT2D eigenvalue weighted by molar-refractivity contribution is 0.0810. The molecule has 2 aliphatic rings. The van der Waals surface area contributed by atoms with Gasteiger partial charge >= 0.3 is 0 Å². The van der Waals surface area contributed by atoms with Crippen molar-refractivity contribution >= 4 is 17.1 Å². The SMILES string of the molecule is O[C@@H](c1c(C2CC2)ccn2cncc12)C1CCC(c2ccc(F)c(Cl)c2)CC1. The Kier molecular flexibility index (Phi) is 4.64. The van der Waals surface area contributed by atoms with Crippen LogP contribution in [0.4, 0.5) is 4.39 Å². The lowest BCUT2D eigenvalue weighted by Gasteiger charge is -2.33. The van der Waals surface area contributed by atoms with E-state index in [2.05, 4.69) is 17.2 Å². The van der Waals surface area contributed by atoms with Crippen molar-refractivity contribution in [1.29, 1.82) is 0 Å². The fourth-order valence-corrected chi connectivity index (χ4v) is 5.06. The minimum Gasteiger partial charge on any atom is -0.388 e. The van der Waals surface area contributed by atoms with Crippen LogP contribution in [0.25, 0.3) is 5.52 Å².